The Morgan fingerprint density at radius 2 is 1.94 bits per heavy atom. The van der Waals surface area contributed by atoms with Crippen LogP contribution in [0, 0.1) is 0 Å². The lowest BCUT2D eigenvalue weighted by atomic mass is 10.0. The molecule has 2 aromatic rings. The van der Waals surface area contributed by atoms with Crippen molar-refractivity contribution >= 4 is 34.5 Å². The Labute approximate surface area is 118 Å². The first-order valence-corrected chi connectivity index (χ1v) is 6.82. The van der Waals surface area contributed by atoms with Gasteiger partial charge in [0, 0.05) is 5.56 Å². The molecule has 1 aromatic carbocycles. The monoisotopic (exact) mass is 301 g/mol. The molecule has 1 aliphatic heterocycles. The second-order valence-electron chi connectivity index (χ2n) is 3.87. The smallest absolute Gasteiger partial charge is 0.231 e. The van der Waals surface area contributed by atoms with Crippen molar-refractivity contribution in [3.05, 3.63) is 44.1 Å². The molecule has 6 heteroatoms. The molecular formula is C12H9Cl2NO2S. The zero-order chi connectivity index (χ0) is 12.7. The quantitative estimate of drug-likeness (QED) is 0.917. The highest BCUT2D eigenvalue weighted by Crippen LogP contribution is 2.39. The first-order chi connectivity index (χ1) is 8.65. The molecule has 94 valence electrons. The molecule has 0 aliphatic carbocycles. The molecule has 2 N–H and O–H groups in total. The van der Waals surface area contributed by atoms with Crippen molar-refractivity contribution in [3.63, 3.8) is 0 Å². The number of hydrogen-bond acceptors (Lipinski definition) is 4. The van der Waals surface area contributed by atoms with Crippen LogP contribution in [0.4, 0.5) is 0 Å². The number of benzene rings is 1. The van der Waals surface area contributed by atoms with Crippen LogP contribution in [0.2, 0.25) is 8.67 Å². The van der Waals surface area contributed by atoms with Gasteiger partial charge in [-0.25, -0.2) is 0 Å². The fourth-order valence-electron chi connectivity index (χ4n) is 1.85. The highest BCUT2D eigenvalue weighted by Gasteiger charge is 2.19. The highest BCUT2D eigenvalue weighted by atomic mass is 35.5. The molecule has 0 fully saturated rings. The Morgan fingerprint density at radius 3 is 2.67 bits per heavy atom. The number of hydrogen-bond donors (Lipinski definition) is 1. The fraction of sp³-hybridized carbons (Fsp3) is 0.167. The summed E-state index contributed by atoms with van der Waals surface area (Å²) in [4.78, 5) is 0. The van der Waals surface area contributed by atoms with Crippen molar-refractivity contribution in [2.45, 2.75) is 6.04 Å². The molecule has 0 amide bonds. The molecule has 0 saturated carbocycles. The van der Waals surface area contributed by atoms with E-state index >= 15 is 0 Å². The van der Waals surface area contributed by atoms with Crippen molar-refractivity contribution in [1.29, 1.82) is 0 Å². The zero-order valence-corrected chi connectivity index (χ0v) is 11.5. The Balaban J connectivity index is 1.97. The van der Waals surface area contributed by atoms with Crippen LogP contribution in [0.25, 0.3) is 0 Å². The largest absolute Gasteiger partial charge is 0.454 e. The Morgan fingerprint density at radius 1 is 1.17 bits per heavy atom. The van der Waals surface area contributed by atoms with Gasteiger partial charge in [-0.05, 0) is 23.8 Å². The van der Waals surface area contributed by atoms with Crippen LogP contribution in [-0.2, 0) is 0 Å². The van der Waals surface area contributed by atoms with E-state index in [0.29, 0.717) is 14.4 Å². The number of rotatable bonds is 2. The van der Waals surface area contributed by atoms with E-state index in [2.05, 4.69) is 0 Å². The number of fused-ring (bicyclic) bond motifs is 1. The van der Waals surface area contributed by atoms with E-state index in [1.54, 1.807) is 6.07 Å². The summed E-state index contributed by atoms with van der Waals surface area (Å²) in [5.41, 5.74) is 7.93. The maximum atomic E-state index is 6.19. The lowest BCUT2D eigenvalue weighted by Crippen LogP contribution is -2.11. The van der Waals surface area contributed by atoms with Crippen LogP contribution in [0.5, 0.6) is 11.5 Å². The fourth-order valence-corrected chi connectivity index (χ4v) is 3.40. The normalized spacial score (nSPS) is 14.8. The van der Waals surface area contributed by atoms with E-state index in [4.69, 9.17) is 38.4 Å². The van der Waals surface area contributed by atoms with E-state index in [9.17, 15) is 0 Å². The van der Waals surface area contributed by atoms with Gasteiger partial charge in [-0.1, -0.05) is 29.3 Å². The molecule has 1 aromatic heterocycles. The summed E-state index contributed by atoms with van der Waals surface area (Å²) in [5.74, 6) is 1.45. The first-order valence-electron chi connectivity index (χ1n) is 5.25. The van der Waals surface area contributed by atoms with Gasteiger partial charge >= 0.3 is 0 Å². The van der Waals surface area contributed by atoms with Crippen LogP contribution < -0.4 is 15.2 Å². The van der Waals surface area contributed by atoms with Crippen LogP contribution in [0.1, 0.15) is 17.2 Å². The first kappa shape index (κ1) is 12.1. The maximum absolute atomic E-state index is 6.19. The summed E-state index contributed by atoms with van der Waals surface area (Å²) < 4.78 is 11.8. The van der Waals surface area contributed by atoms with Gasteiger partial charge < -0.3 is 15.2 Å². The highest BCUT2D eigenvalue weighted by molar-refractivity contribution is 7.20. The molecule has 3 nitrogen and oxygen atoms in total. The van der Waals surface area contributed by atoms with E-state index in [1.165, 1.54) is 11.3 Å². The van der Waals surface area contributed by atoms with Crippen LogP contribution in [0.3, 0.4) is 0 Å². The summed E-state index contributed by atoms with van der Waals surface area (Å²) in [6.45, 7) is 0.249. The summed E-state index contributed by atoms with van der Waals surface area (Å²) in [6.07, 6.45) is 0. The topological polar surface area (TPSA) is 44.5 Å². The second-order valence-corrected chi connectivity index (χ2v) is 6.16. The lowest BCUT2D eigenvalue weighted by Gasteiger charge is -2.11. The van der Waals surface area contributed by atoms with E-state index in [1.807, 2.05) is 18.2 Å². The zero-order valence-electron chi connectivity index (χ0n) is 9.15. The van der Waals surface area contributed by atoms with Crippen LogP contribution in [-0.4, -0.2) is 6.79 Å². The third-order valence-corrected chi connectivity index (χ3v) is 4.29. The molecule has 1 unspecified atom stereocenters. The van der Waals surface area contributed by atoms with Gasteiger partial charge in [-0.3, -0.25) is 0 Å². The van der Waals surface area contributed by atoms with Gasteiger partial charge in [0.1, 0.15) is 0 Å². The molecule has 0 spiro atoms. The van der Waals surface area contributed by atoms with Crippen molar-refractivity contribution in [1.82, 2.24) is 0 Å². The molecule has 0 saturated heterocycles. The van der Waals surface area contributed by atoms with Crippen molar-refractivity contribution < 1.29 is 9.47 Å². The summed E-state index contributed by atoms with van der Waals surface area (Å²) >= 11 is 13.3. The molecule has 3 rings (SSSR count). The minimum atomic E-state index is -0.323. The van der Waals surface area contributed by atoms with Gasteiger partial charge in [0.15, 0.2) is 11.5 Å². The molecule has 1 aliphatic rings. The third kappa shape index (κ3) is 2.06. The van der Waals surface area contributed by atoms with E-state index in [-0.39, 0.29) is 12.8 Å². The van der Waals surface area contributed by atoms with Gasteiger partial charge in [-0.15, -0.1) is 11.3 Å². The average molecular weight is 302 g/mol. The lowest BCUT2D eigenvalue weighted by molar-refractivity contribution is 0.174. The SMILES string of the molecule is NC(c1ccc2c(c1)OCO2)c1cc(Cl)sc1Cl. The van der Waals surface area contributed by atoms with Crippen molar-refractivity contribution in [3.8, 4) is 11.5 Å². The molecule has 0 radical (unpaired) electrons. The molecule has 18 heavy (non-hydrogen) atoms. The number of halogens is 2. The second kappa shape index (κ2) is 4.63. The van der Waals surface area contributed by atoms with Crippen molar-refractivity contribution in [2.24, 2.45) is 5.73 Å². The Hall–Kier alpha value is -0.940. The molecule has 0 bridgehead atoms. The van der Waals surface area contributed by atoms with Crippen molar-refractivity contribution in [2.75, 3.05) is 6.79 Å². The summed E-state index contributed by atoms with van der Waals surface area (Å²) in [7, 11) is 0. The van der Waals surface area contributed by atoms with Crippen LogP contribution in [0.15, 0.2) is 24.3 Å². The van der Waals surface area contributed by atoms with Gasteiger partial charge in [0.2, 0.25) is 6.79 Å². The molecule has 1 atom stereocenters. The van der Waals surface area contributed by atoms with E-state index in [0.717, 1.165) is 16.9 Å². The van der Waals surface area contributed by atoms with Crippen LogP contribution >= 0.6 is 34.5 Å². The summed E-state index contributed by atoms with van der Waals surface area (Å²) in [5, 5.41) is 0. The molecular weight excluding hydrogens is 293 g/mol. The minimum Gasteiger partial charge on any atom is -0.454 e. The van der Waals surface area contributed by atoms with Gasteiger partial charge in [0.05, 0.1) is 14.7 Å². The Kier molecular flexibility index (Phi) is 3.11. The number of ether oxygens (including phenoxy) is 2. The Bertz CT molecular complexity index is 600. The maximum Gasteiger partial charge on any atom is 0.231 e. The predicted molar refractivity (Wildman–Crippen MR) is 72.9 cm³/mol. The average Bonchev–Trinajstić information content (AvgIpc) is 2.93. The van der Waals surface area contributed by atoms with Gasteiger partial charge in [0.25, 0.3) is 0 Å². The number of nitrogens with two attached hydrogens (primary N) is 1. The standard InChI is InChI=1S/C12H9Cl2NO2S/c13-10-4-7(12(14)18-10)11(15)6-1-2-8-9(3-6)17-5-16-8/h1-4,11H,5,15H2. The van der Waals surface area contributed by atoms with E-state index < -0.39 is 0 Å². The summed E-state index contributed by atoms with van der Waals surface area (Å²) in [6, 6.07) is 7.09. The molecule has 2 heterocycles. The predicted octanol–water partition coefficient (Wildman–Crippen LogP) is 3.83. The number of thiophene rings is 1. The minimum absolute atomic E-state index is 0.249. The van der Waals surface area contributed by atoms with Gasteiger partial charge in [-0.2, -0.15) is 0 Å². The third-order valence-electron chi connectivity index (χ3n) is 2.77.